The molecule has 0 aliphatic rings. The Bertz CT molecular complexity index is 477. The second-order valence-corrected chi connectivity index (χ2v) is 3.38. The lowest BCUT2D eigenvalue weighted by molar-refractivity contribution is 0.102. The lowest BCUT2D eigenvalue weighted by Crippen LogP contribution is -2.12. The van der Waals surface area contributed by atoms with E-state index in [1.165, 1.54) is 0 Å². The summed E-state index contributed by atoms with van der Waals surface area (Å²) in [7, 11) is 0. The van der Waals surface area contributed by atoms with E-state index in [-0.39, 0.29) is 5.91 Å². The number of rotatable bonds is 4. The highest BCUT2D eigenvalue weighted by Crippen LogP contribution is 2.13. The summed E-state index contributed by atoms with van der Waals surface area (Å²) in [5, 5.41) is 9.10. The number of H-pyrrole nitrogens is 1. The number of benzene rings is 1. The van der Waals surface area contributed by atoms with E-state index in [0.29, 0.717) is 18.0 Å². The van der Waals surface area contributed by atoms with Crippen molar-refractivity contribution in [2.24, 2.45) is 0 Å². The highest BCUT2D eigenvalue weighted by molar-refractivity contribution is 6.03. The van der Waals surface area contributed by atoms with Gasteiger partial charge in [-0.2, -0.15) is 5.10 Å². The van der Waals surface area contributed by atoms with Crippen LogP contribution >= 0.6 is 0 Å². The van der Waals surface area contributed by atoms with Crippen molar-refractivity contribution in [1.29, 1.82) is 0 Å². The molecule has 0 saturated carbocycles. The summed E-state index contributed by atoms with van der Waals surface area (Å²) in [4.78, 5) is 11.8. The van der Waals surface area contributed by atoms with E-state index in [1.54, 1.807) is 36.5 Å². The van der Waals surface area contributed by atoms with Crippen LogP contribution in [0.3, 0.4) is 0 Å². The molecule has 0 saturated heterocycles. The predicted molar refractivity (Wildman–Crippen MR) is 64.2 cm³/mol. The quantitative estimate of drug-likeness (QED) is 0.846. The molecule has 1 heterocycles. The molecular formula is C12H13N3O2. The van der Waals surface area contributed by atoms with E-state index in [9.17, 15) is 4.79 Å². The highest BCUT2D eigenvalue weighted by Gasteiger charge is 2.06. The van der Waals surface area contributed by atoms with Gasteiger partial charge in [-0.3, -0.25) is 9.89 Å². The average molecular weight is 231 g/mol. The van der Waals surface area contributed by atoms with Gasteiger partial charge in [0, 0.05) is 11.6 Å². The van der Waals surface area contributed by atoms with Gasteiger partial charge in [0.05, 0.1) is 12.8 Å². The summed E-state index contributed by atoms with van der Waals surface area (Å²) >= 11 is 0. The maximum atomic E-state index is 11.8. The zero-order chi connectivity index (χ0) is 12.1. The van der Waals surface area contributed by atoms with Crippen molar-refractivity contribution < 1.29 is 9.53 Å². The van der Waals surface area contributed by atoms with E-state index < -0.39 is 0 Å². The maximum Gasteiger partial charge on any atom is 0.256 e. The lowest BCUT2D eigenvalue weighted by Gasteiger charge is -2.05. The fraction of sp³-hybridized carbons (Fsp3) is 0.167. The van der Waals surface area contributed by atoms with Crippen LogP contribution in [0.5, 0.6) is 5.75 Å². The van der Waals surface area contributed by atoms with Gasteiger partial charge in [-0.15, -0.1) is 0 Å². The second kappa shape index (κ2) is 5.16. The van der Waals surface area contributed by atoms with E-state index in [1.807, 2.05) is 6.92 Å². The molecule has 0 bridgehead atoms. The molecule has 1 amide bonds. The number of carbonyl (C=O) groups is 1. The van der Waals surface area contributed by atoms with Crippen molar-refractivity contribution in [3.63, 3.8) is 0 Å². The van der Waals surface area contributed by atoms with Crippen molar-refractivity contribution in [3.05, 3.63) is 42.1 Å². The standard InChI is InChI=1S/C12H13N3O2/c1-2-17-10-5-3-9(4-6-10)12(16)14-11-7-8-13-15-11/h3-8H,2H2,1H3,(H2,13,14,15,16). The van der Waals surface area contributed by atoms with Crippen LogP contribution in [-0.4, -0.2) is 22.7 Å². The molecule has 2 aromatic rings. The smallest absolute Gasteiger partial charge is 0.256 e. The monoisotopic (exact) mass is 231 g/mol. The fourth-order valence-corrected chi connectivity index (χ4v) is 1.39. The molecule has 2 rings (SSSR count). The number of anilines is 1. The molecule has 5 nitrogen and oxygen atoms in total. The molecular weight excluding hydrogens is 218 g/mol. The van der Waals surface area contributed by atoms with Crippen LogP contribution in [0.25, 0.3) is 0 Å². The molecule has 0 atom stereocenters. The summed E-state index contributed by atoms with van der Waals surface area (Å²) < 4.78 is 5.30. The molecule has 88 valence electrons. The van der Waals surface area contributed by atoms with E-state index in [2.05, 4.69) is 15.5 Å². The van der Waals surface area contributed by atoms with Crippen molar-refractivity contribution in [3.8, 4) is 5.75 Å². The zero-order valence-electron chi connectivity index (χ0n) is 9.43. The minimum Gasteiger partial charge on any atom is -0.494 e. The number of nitrogens with zero attached hydrogens (tertiary/aromatic N) is 1. The van der Waals surface area contributed by atoms with E-state index in [4.69, 9.17) is 4.74 Å². The van der Waals surface area contributed by atoms with Crippen LogP contribution < -0.4 is 10.1 Å². The lowest BCUT2D eigenvalue weighted by atomic mass is 10.2. The Balaban J connectivity index is 2.04. The summed E-state index contributed by atoms with van der Waals surface area (Å²) in [6, 6.07) is 8.66. The number of hydrogen-bond acceptors (Lipinski definition) is 3. The first-order chi connectivity index (χ1) is 8.29. The molecule has 0 spiro atoms. The molecule has 0 unspecified atom stereocenters. The first-order valence-electron chi connectivity index (χ1n) is 5.33. The molecule has 17 heavy (non-hydrogen) atoms. The molecule has 1 aromatic heterocycles. The fourth-order valence-electron chi connectivity index (χ4n) is 1.39. The number of amides is 1. The Morgan fingerprint density at radius 1 is 1.35 bits per heavy atom. The average Bonchev–Trinajstić information content (AvgIpc) is 2.83. The normalized spacial score (nSPS) is 9.94. The van der Waals surface area contributed by atoms with E-state index >= 15 is 0 Å². The largest absolute Gasteiger partial charge is 0.494 e. The second-order valence-electron chi connectivity index (χ2n) is 3.38. The van der Waals surface area contributed by atoms with Gasteiger partial charge in [-0.1, -0.05) is 0 Å². The predicted octanol–water partition coefficient (Wildman–Crippen LogP) is 2.06. The van der Waals surface area contributed by atoms with Crippen LogP contribution in [0.1, 0.15) is 17.3 Å². The SMILES string of the molecule is CCOc1ccc(C(=O)Nc2ccn[nH]2)cc1. The molecule has 2 N–H and O–H groups in total. The summed E-state index contributed by atoms with van der Waals surface area (Å²) in [5.41, 5.74) is 0.572. The van der Waals surface area contributed by atoms with Gasteiger partial charge in [0.15, 0.2) is 0 Å². The van der Waals surface area contributed by atoms with Crippen molar-refractivity contribution >= 4 is 11.7 Å². The van der Waals surface area contributed by atoms with Gasteiger partial charge in [0.1, 0.15) is 11.6 Å². The topological polar surface area (TPSA) is 67.0 Å². The van der Waals surface area contributed by atoms with Gasteiger partial charge in [0.2, 0.25) is 0 Å². The summed E-state index contributed by atoms with van der Waals surface area (Å²) in [6.45, 7) is 2.53. The Kier molecular flexibility index (Phi) is 3.40. The van der Waals surface area contributed by atoms with Gasteiger partial charge < -0.3 is 10.1 Å². The Labute approximate surface area is 98.8 Å². The van der Waals surface area contributed by atoms with Gasteiger partial charge in [0.25, 0.3) is 5.91 Å². The number of nitrogens with one attached hydrogen (secondary N) is 2. The molecule has 0 fully saturated rings. The van der Waals surface area contributed by atoms with Gasteiger partial charge in [-0.25, -0.2) is 0 Å². The van der Waals surface area contributed by atoms with Crippen LogP contribution in [0.4, 0.5) is 5.82 Å². The molecule has 0 radical (unpaired) electrons. The number of carbonyl (C=O) groups excluding carboxylic acids is 1. The van der Waals surface area contributed by atoms with Gasteiger partial charge in [-0.05, 0) is 31.2 Å². The molecule has 1 aromatic carbocycles. The Hall–Kier alpha value is -2.30. The summed E-state index contributed by atoms with van der Waals surface area (Å²) in [5.74, 6) is 1.15. The first kappa shape index (κ1) is 11.2. The third-order valence-electron chi connectivity index (χ3n) is 2.18. The minimum absolute atomic E-state index is 0.183. The molecule has 0 aliphatic heterocycles. The third kappa shape index (κ3) is 2.84. The Morgan fingerprint density at radius 3 is 2.71 bits per heavy atom. The van der Waals surface area contributed by atoms with Crippen LogP contribution in [0.2, 0.25) is 0 Å². The summed E-state index contributed by atoms with van der Waals surface area (Å²) in [6.07, 6.45) is 1.58. The number of ether oxygens (including phenoxy) is 1. The van der Waals surface area contributed by atoms with Crippen molar-refractivity contribution in [1.82, 2.24) is 10.2 Å². The maximum absolute atomic E-state index is 11.8. The molecule has 5 heteroatoms. The van der Waals surface area contributed by atoms with E-state index in [0.717, 1.165) is 5.75 Å². The van der Waals surface area contributed by atoms with Crippen molar-refractivity contribution in [2.75, 3.05) is 11.9 Å². The number of hydrogen-bond donors (Lipinski definition) is 2. The number of aromatic amines is 1. The van der Waals surface area contributed by atoms with Crippen molar-refractivity contribution in [2.45, 2.75) is 6.92 Å². The van der Waals surface area contributed by atoms with Crippen LogP contribution in [-0.2, 0) is 0 Å². The third-order valence-corrected chi connectivity index (χ3v) is 2.18. The zero-order valence-corrected chi connectivity index (χ0v) is 9.43. The first-order valence-corrected chi connectivity index (χ1v) is 5.33. The minimum atomic E-state index is -0.183. The van der Waals surface area contributed by atoms with Crippen LogP contribution in [0, 0.1) is 0 Å². The molecule has 0 aliphatic carbocycles. The van der Waals surface area contributed by atoms with Gasteiger partial charge >= 0.3 is 0 Å². The number of aromatic nitrogens is 2. The highest BCUT2D eigenvalue weighted by atomic mass is 16.5. The van der Waals surface area contributed by atoms with Crippen LogP contribution in [0.15, 0.2) is 36.5 Å². The Morgan fingerprint density at radius 2 is 2.12 bits per heavy atom.